The maximum Gasteiger partial charge on any atom is 0.235 e. The molecule has 98 valence electrons. The third kappa shape index (κ3) is 2.68. The van der Waals surface area contributed by atoms with Gasteiger partial charge in [-0.05, 0) is 25.2 Å². The van der Waals surface area contributed by atoms with Gasteiger partial charge in [-0.25, -0.2) is 0 Å². The molecule has 4 nitrogen and oxygen atoms in total. The molecule has 1 aliphatic heterocycles. The predicted molar refractivity (Wildman–Crippen MR) is 65.1 cm³/mol. The summed E-state index contributed by atoms with van der Waals surface area (Å²) < 4.78 is 0. The average Bonchev–Trinajstić information content (AvgIpc) is 2.44. The molecule has 0 bridgehead atoms. The van der Waals surface area contributed by atoms with Crippen LogP contribution < -0.4 is 0 Å². The lowest BCUT2D eigenvalue weighted by Gasteiger charge is -2.27. The summed E-state index contributed by atoms with van der Waals surface area (Å²) in [6, 6.07) is 0. The number of likely N-dealkylation sites (tertiary alicyclic amines) is 1. The number of hydrogen-bond donors (Lipinski definition) is 1. The molecule has 0 aromatic heterocycles. The van der Waals surface area contributed by atoms with E-state index in [0.717, 1.165) is 0 Å². The van der Waals surface area contributed by atoms with E-state index in [9.17, 15) is 9.59 Å². The van der Waals surface area contributed by atoms with E-state index in [0.29, 0.717) is 19.4 Å². The molecule has 4 heteroatoms. The summed E-state index contributed by atoms with van der Waals surface area (Å²) in [4.78, 5) is 25.5. The first kappa shape index (κ1) is 14.2. The zero-order valence-corrected chi connectivity index (χ0v) is 11.2. The smallest absolute Gasteiger partial charge is 0.235 e. The first-order chi connectivity index (χ1) is 7.82. The quantitative estimate of drug-likeness (QED) is 0.741. The van der Waals surface area contributed by atoms with Crippen LogP contribution in [0, 0.1) is 17.3 Å². The summed E-state index contributed by atoms with van der Waals surface area (Å²) in [6.45, 7) is 8.30. The summed E-state index contributed by atoms with van der Waals surface area (Å²) in [6.07, 6.45) is 0.935. The van der Waals surface area contributed by atoms with Gasteiger partial charge in [0.25, 0.3) is 0 Å². The van der Waals surface area contributed by atoms with Crippen molar-refractivity contribution in [3.8, 4) is 0 Å². The average molecular weight is 241 g/mol. The minimum absolute atomic E-state index is 0.0534. The number of aliphatic hydroxyl groups excluding tert-OH is 1. The Bertz CT molecular complexity index is 314. The van der Waals surface area contributed by atoms with Crippen LogP contribution in [-0.2, 0) is 9.59 Å². The minimum Gasteiger partial charge on any atom is -0.396 e. The van der Waals surface area contributed by atoms with Crippen molar-refractivity contribution < 1.29 is 14.7 Å². The molecule has 17 heavy (non-hydrogen) atoms. The fraction of sp³-hybridized carbons (Fsp3) is 0.846. The van der Waals surface area contributed by atoms with Crippen LogP contribution in [0.4, 0.5) is 0 Å². The van der Waals surface area contributed by atoms with Crippen molar-refractivity contribution in [1.29, 1.82) is 0 Å². The third-order valence-corrected chi connectivity index (χ3v) is 3.94. The highest BCUT2D eigenvalue weighted by atomic mass is 16.3. The number of imide groups is 1. The van der Waals surface area contributed by atoms with Gasteiger partial charge in [-0.15, -0.1) is 0 Å². The first-order valence-electron chi connectivity index (χ1n) is 6.28. The number of nitrogens with zero attached hydrogens (tertiary/aromatic N) is 1. The summed E-state index contributed by atoms with van der Waals surface area (Å²) in [5, 5.41) is 8.84. The minimum atomic E-state index is -0.546. The van der Waals surface area contributed by atoms with Crippen LogP contribution in [-0.4, -0.2) is 35.0 Å². The van der Waals surface area contributed by atoms with Gasteiger partial charge in [-0.2, -0.15) is 0 Å². The Morgan fingerprint density at radius 1 is 1.35 bits per heavy atom. The molecule has 2 unspecified atom stereocenters. The topological polar surface area (TPSA) is 57.6 Å². The number of aliphatic hydroxyl groups is 1. The first-order valence-corrected chi connectivity index (χ1v) is 6.28. The van der Waals surface area contributed by atoms with Crippen LogP contribution in [0.3, 0.4) is 0 Å². The van der Waals surface area contributed by atoms with E-state index in [2.05, 4.69) is 0 Å². The monoisotopic (exact) mass is 241 g/mol. The van der Waals surface area contributed by atoms with E-state index in [-0.39, 0.29) is 30.3 Å². The Balaban J connectivity index is 2.76. The summed E-state index contributed by atoms with van der Waals surface area (Å²) in [5.41, 5.74) is -0.546. The van der Waals surface area contributed by atoms with Crippen LogP contribution in [0.15, 0.2) is 0 Å². The molecule has 1 rings (SSSR count). The van der Waals surface area contributed by atoms with E-state index in [1.807, 2.05) is 27.7 Å². The van der Waals surface area contributed by atoms with Gasteiger partial charge in [0.2, 0.25) is 11.8 Å². The van der Waals surface area contributed by atoms with Gasteiger partial charge in [0.15, 0.2) is 0 Å². The van der Waals surface area contributed by atoms with Crippen molar-refractivity contribution in [3.05, 3.63) is 0 Å². The highest BCUT2D eigenvalue weighted by Crippen LogP contribution is 2.39. The van der Waals surface area contributed by atoms with Crippen molar-refractivity contribution in [1.82, 2.24) is 4.90 Å². The van der Waals surface area contributed by atoms with E-state index in [1.165, 1.54) is 4.90 Å². The Morgan fingerprint density at radius 2 is 1.94 bits per heavy atom. The second kappa shape index (κ2) is 5.17. The van der Waals surface area contributed by atoms with Crippen LogP contribution >= 0.6 is 0 Å². The maximum atomic E-state index is 12.3. The van der Waals surface area contributed by atoms with Crippen LogP contribution in [0.25, 0.3) is 0 Å². The number of amides is 2. The molecule has 1 aliphatic rings. The van der Waals surface area contributed by atoms with Crippen molar-refractivity contribution >= 4 is 11.8 Å². The Morgan fingerprint density at radius 3 is 2.35 bits per heavy atom. The summed E-state index contributed by atoms with van der Waals surface area (Å²) in [7, 11) is 0. The SMILES string of the molecule is CC(CCO)CN1C(=O)CC(C)(C(C)C)C1=O. The number of carbonyl (C=O) groups is 2. The molecule has 1 heterocycles. The molecule has 1 N–H and O–H groups in total. The fourth-order valence-corrected chi connectivity index (χ4v) is 2.17. The predicted octanol–water partition coefficient (Wildman–Crippen LogP) is 1.43. The highest BCUT2D eigenvalue weighted by Gasteiger charge is 2.49. The molecule has 0 aromatic carbocycles. The molecule has 1 fully saturated rings. The molecule has 2 amide bonds. The van der Waals surface area contributed by atoms with Crippen molar-refractivity contribution in [2.45, 2.75) is 40.5 Å². The fourth-order valence-electron chi connectivity index (χ4n) is 2.17. The van der Waals surface area contributed by atoms with Crippen LogP contribution in [0.1, 0.15) is 40.5 Å². The summed E-state index contributed by atoms with van der Waals surface area (Å²) in [5.74, 6) is 0.192. The van der Waals surface area contributed by atoms with Crippen LogP contribution in [0.5, 0.6) is 0 Å². The van der Waals surface area contributed by atoms with Gasteiger partial charge in [0.05, 0.1) is 5.41 Å². The molecule has 2 atom stereocenters. The van der Waals surface area contributed by atoms with Crippen molar-refractivity contribution in [3.63, 3.8) is 0 Å². The van der Waals surface area contributed by atoms with E-state index >= 15 is 0 Å². The second-order valence-corrected chi connectivity index (χ2v) is 5.68. The Kier molecular flexibility index (Phi) is 4.31. The highest BCUT2D eigenvalue weighted by molar-refractivity contribution is 6.05. The molecule has 0 radical (unpaired) electrons. The zero-order chi connectivity index (χ0) is 13.2. The second-order valence-electron chi connectivity index (χ2n) is 5.68. The number of carbonyl (C=O) groups excluding carboxylic acids is 2. The lowest BCUT2D eigenvalue weighted by Crippen LogP contribution is -2.39. The van der Waals surface area contributed by atoms with Gasteiger partial charge in [0, 0.05) is 19.6 Å². The lowest BCUT2D eigenvalue weighted by atomic mass is 9.78. The molecule has 0 aromatic rings. The van der Waals surface area contributed by atoms with Gasteiger partial charge in [0.1, 0.15) is 0 Å². The van der Waals surface area contributed by atoms with Gasteiger partial charge < -0.3 is 5.11 Å². The maximum absolute atomic E-state index is 12.3. The van der Waals surface area contributed by atoms with Gasteiger partial charge in [-0.3, -0.25) is 14.5 Å². The zero-order valence-electron chi connectivity index (χ0n) is 11.2. The van der Waals surface area contributed by atoms with E-state index in [1.54, 1.807) is 0 Å². The molecule has 0 aliphatic carbocycles. The van der Waals surface area contributed by atoms with Crippen LogP contribution in [0.2, 0.25) is 0 Å². The normalized spacial score (nSPS) is 27.1. The molecule has 0 spiro atoms. The van der Waals surface area contributed by atoms with Gasteiger partial charge >= 0.3 is 0 Å². The lowest BCUT2D eigenvalue weighted by molar-refractivity contribution is -0.142. The number of rotatable bonds is 5. The van der Waals surface area contributed by atoms with E-state index < -0.39 is 5.41 Å². The molecular formula is C13H23NO3. The van der Waals surface area contributed by atoms with Gasteiger partial charge in [-0.1, -0.05) is 20.8 Å². The molecular weight excluding hydrogens is 218 g/mol. The molecule has 1 saturated heterocycles. The molecule has 0 saturated carbocycles. The van der Waals surface area contributed by atoms with Crippen molar-refractivity contribution in [2.75, 3.05) is 13.2 Å². The van der Waals surface area contributed by atoms with E-state index in [4.69, 9.17) is 5.11 Å². The largest absolute Gasteiger partial charge is 0.396 e. The Hall–Kier alpha value is -0.900. The standard InChI is InChI=1S/C13H23NO3/c1-9(2)13(4)7-11(16)14(12(13)17)8-10(3)5-6-15/h9-10,15H,5-8H2,1-4H3. The third-order valence-electron chi connectivity index (χ3n) is 3.94. The Labute approximate surface area is 103 Å². The number of hydrogen-bond acceptors (Lipinski definition) is 3. The van der Waals surface area contributed by atoms with Crippen molar-refractivity contribution in [2.24, 2.45) is 17.3 Å². The summed E-state index contributed by atoms with van der Waals surface area (Å²) >= 11 is 0.